The number of allylic oxidation sites excluding steroid dienone is 1. The van der Waals surface area contributed by atoms with E-state index in [1.807, 2.05) is 44.2 Å². The first-order chi connectivity index (χ1) is 16.0. The Bertz CT molecular complexity index is 1090. The zero-order chi connectivity index (χ0) is 25.5. The average molecular weight is 486 g/mol. The van der Waals surface area contributed by atoms with Crippen molar-refractivity contribution in [2.45, 2.75) is 59.8 Å². The number of carbonyl (C=O) groups excluding carboxylic acids is 2. The largest absolute Gasteiger partial charge is 0.468 e. The van der Waals surface area contributed by atoms with E-state index in [0.29, 0.717) is 35.1 Å². The number of benzene rings is 1. The second kappa shape index (κ2) is 11.7. The van der Waals surface area contributed by atoms with Crippen LogP contribution in [0.15, 0.2) is 30.3 Å². The van der Waals surface area contributed by atoms with Crippen LogP contribution in [0.25, 0.3) is 11.3 Å². The molecule has 0 aliphatic heterocycles. The van der Waals surface area contributed by atoms with E-state index < -0.39 is 17.6 Å². The molecule has 0 N–H and O–H groups in total. The molecule has 1 heterocycles. The standard InChI is InChI=1S/C25H31N3O5S/c1-8-28-21(13-16(2)27-28)23(32-17(3)33-24(30)34-15-22(29)31-7)20(14-26)18-9-11-19(12-10-18)25(4,5)6/h9-13,17H,8,15H2,1-7H3/b23-20-. The molecule has 0 aliphatic rings. The second-order valence-electron chi connectivity index (χ2n) is 8.55. The smallest absolute Gasteiger partial charge is 0.370 e. The lowest BCUT2D eigenvalue weighted by Gasteiger charge is -2.21. The van der Waals surface area contributed by atoms with Gasteiger partial charge in [0.15, 0.2) is 5.76 Å². The Labute approximate surface area is 204 Å². The molecule has 34 heavy (non-hydrogen) atoms. The number of nitrogens with zero attached hydrogens (tertiary/aromatic N) is 3. The molecule has 8 nitrogen and oxygen atoms in total. The van der Waals surface area contributed by atoms with Crippen LogP contribution >= 0.6 is 11.8 Å². The predicted octanol–water partition coefficient (Wildman–Crippen LogP) is 5.31. The number of hydrogen-bond donors (Lipinski definition) is 0. The number of aryl methyl sites for hydroxylation is 2. The number of nitriles is 1. The van der Waals surface area contributed by atoms with Gasteiger partial charge in [-0.15, -0.1) is 0 Å². The Balaban J connectivity index is 2.44. The Morgan fingerprint density at radius 1 is 1.21 bits per heavy atom. The topological polar surface area (TPSA) is 103 Å². The van der Waals surface area contributed by atoms with Crippen LogP contribution in [0.2, 0.25) is 0 Å². The summed E-state index contributed by atoms with van der Waals surface area (Å²) in [5.74, 6) is -0.452. The molecule has 0 saturated heterocycles. The summed E-state index contributed by atoms with van der Waals surface area (Å²) in [5.41, 5.74) is 3.43. The zero-order valence-corrected chi connectivity index (χ0v) is 21.5. The van der Waals surface area contributed by atoms with E-state index in [1.54, 1.807) is 11.6 Å². The number of rotatable bonds is 8. The molecule has 1 unspecified atom stereocenters. The third-order valence-corrected chi connectivity index (χ3v) is 5.61. The van der Waals surface area contributed by atoms with Crippen LogP contribution in [0, 0.1) is 18.3 Å². The van der Waals surface area contributed by atoms with Crippen LogP contribution in [-0.2, 0) is 31.0 Å². The van der Waals surface area contributed by atoms with Crippen molar-refractivity contribution in [3.05, 3.63) is 52.8 Å². The molecule has 0 spiro atoms. The van der Waals surface area contributed by atoms with Gasteiger partial charge in [0.25, 0.3) is 0 Å². The van der Waals surface area contributed by atoms with E-state index in [0.717, 1.165) is 11.3 Å². The first kappa shape index (κ1) is 27.0. The van der Waals surface area contributed by atoms with Crippen LogP contribution in [0.1, 0.15) is 57.1 Å². The molecular formula is C25H31N3O5S. The molecule has 2 aromatic rings. The molecule has 2 rings (SSSR count). The van der Waals surface area contributed by atoms with Crippen molar-refractivity contribution >= 4 is 34.4 Å². The fourth-order valence-electron chi connectivity index (χ4n) is 3.14. The van der Waals surface area contributed by atoms with Gasteiger partial charge in [-0.05, 0) is 48.2 Å². The number of thioether (sulfide) groups is 1. The Morgan fingerprint density at radius 2 is 1.85 bits per heavy atom. The van der Waals surface area contributed by atoms with Gasteiger partial charge in [-0.1, -0.05) is 45.0 Å². The lowest BCUT2D eigenvalue weighted by molar-refractivity contribution is -0.137. The van der Waals surface area contributed by atoms with E-state index in [4.69, 9.17) is 9.47 Å². The molecule has 0 saturated carbocycles. The highest BCUT2D eigenvalue weighted by Gasteiger charge is 2.23. The summed E-state index contributed by atoms with van der Waals surface area (Å²) < 4.78 is 17.6. The van der Waals surface area contributed by atoms with Gasteiger partial charge < -0.3 is 14.2 Å². The van der Waals surface area contributed by atoms with Gasteiger partial charge in [0.05, 0.1) is 12.8 Å². The van der Waals surface area contributed by atoms with Crippen LogP contribution in [0.5, 0.6) is 0 Å². The maximum Gasteiger partial charge on any atom is 0.370 e. The van der Waals surface area contributed by atoms with E-state index >= 15 is 0 Å². The summed E-state index contributed by atoms with van der Waals surface area (Å²) in [7, 11) is 1.24. The maximum absolute atomic E-state index is 12.1. The first-order valence-corrected chi connectivity index (χ1v) is 11.9. The number of carbonyl (C=O) groups is 2. The van der Waals surface area contributed by atoms with Crippen molar-refractivity contribution in [3.8, 4) is 6.07 Å². The summed E-state index contributed by atoms with van der Waals surface area (Å²) >= 11 is 0.672. The molecule has 0 radical (unpaired) electrons. The molecule has 0 amide bonds. The molecule has 0 bridgehead atoms. The Morgan fingerprint density at radius 3 is 2.38 bits per heavy atom. The van der Waals surface area contributed by atoms with Crippen molar-refractivity contribution in [1.82, 2.24) is 9.78 Å². The molecule has 0 fully saturated rings. The molecule has 9 heteroatoms. The van der Waals surface area contributed by atoms with Gasteiger partial charge in [0.2, 0.25) is 6.29 Å². The van der Waals surface area contributed by atoms with Crippen molar-refractivity contribution in [1.29, 1.82) is 5.26 Å². The van der Waals surface area contributed by atoms with Gasteiger partial charge in [-0.25, -0.2) is 4.79 Å². The van der Waals surface area contributed by atoms with E-state index in [-0.39, 0.29) is 16.9 Å². The minimum Gasteiger partial charge on any atom is -0.468 e. The quantitative estimate of drug-likeness (QED) is 0.215. The SMILES string of the molecule is CCn1nc(C)cc1/C(OC(C)OC(=O)SCC(=O)OC)=C(\C#N)c1ccc(C(C)(C)C)cc1. The number of ether oxygens (including phenoxy) is 3. The lowest BCUT2D eigenvalue weighted by Crippen LogP contribution is -2.18. The van der Waals surface area contributed by atoms with Gasteiger partial charge in [-0.2, -0.15) is 10.4 Å². The highest BCUT2D eigenvalue weighted by Crippen LogP contribution is 2.31. The van der Waals surface area contributed by atoms with E-state index in [1.165, 1.54) is 7.11 Å². The fraction of sp³-hybridized carbons (Fsp3) is 0.440. The summed E-state index contributed by atoms with van der Waals surface area (Å²) in [6, 6.07) is 11.8. The highest BCUT2D eigenvalue weighted by molar-refractivity contribution is 8.13. The molecule has 1 aromatic heterocycles. The third kappa shape index (κ3) is 7.12. The summed E-state index contributed by atoms with van der Waals surface area (Å²) in [6.07, 6.45) is -1.02. The number of esters is 1. The summed E-state index contributed by atoms with van der Waals surface area (Å²) in [4.78, 5) is 23.4. The molecule has 1 aromatic carbocycles. The summed E-state index contributed by atoms with van der Waals surface area (Å²) in [5, 5.41) is 13.9. The van der Waals surface area contributed by atoms with Crippen molar-refractivity contribution in [3.63, 3.8) is 0 Å². The fourth-order valence-corrected chi connectivity index (χ4v) is 3.69. The lowest BCUT2D eigenvalue weighted by atomic mass is 9.86. The normalized spacial score (nSPS) is 12.9. The third-order valence-electron chi connectivity index (χ3n) is 4.89. The van der Waals surface area contributed by atoms with Crippen LogP contribution in [0.3, 0.4) is 0 Å². The average Bonchev–Trinajstić information content (AvgIpc) is 3.17. The highest BCUT2D eigenvalue weighted by atomic mass is 32.2. The van der Waals surface area contributed by atoms with Crippen LogP contribution in [0.4, 0.5) is 4.79 Å². The van der Waals surface area contributed by atoms with Gasteiger partial charge in [0, 0.05) is 13.5 Å². The molecular weight excluding hydrogens is 454 g/mol. The predicted molar refractivity (Wildman–Crippen MR) is 132 cm³/mol. The van der Waals surface area contributed by atoms with Gasteiger partial charge >= 0.3 is 11.3 Å². The zero-order valence-electron chi connectivity index (χ0n) is 20.7. The van der Waals surface area contributed by atoms with Gasteiger partial charge in [0.1, 0.15) is 23.1 Å². The summed E-state index contributed by atoms with van der Waals surface area (Å²) in [6.45, 7) is 12.3. The molecule has 0 aliphatic carbocycles. The number of aromatic nitrogens is 2. The first-order valence-electron chi connectivity index (χ1n) is 10.9. The minimum atomic E-state index is -1.02. The minimum absolute atomic E-state index is 0.0308. The van der Waals surface area contributed by atoms with Crippen LogP contribution < -0.4 is 0 Å². The van der Waals surface area contributed by atoms with Gasteiger partial charge in [-0.3, -0.25) is 9.48 Å². The Hall–Kier alpha value is -3.25. The maximum atomic E-state index is 12.1. The second-order valence-corrected chi connectivity index (χ2v) is 9.46. The molecule has 1 atom stereocenters. The Kier molecular flexibility index (Phi) is 9.33. The van der Waals surface area contributed by atoms with E-state index in [9.17, 15) is 14.9 Å². The van der Waals surface area contributed by atoms with Crippen molar-refractivity contribution in [2.75, 3.05) is 12.9 Å². The van der Waals surface area contributed by atoms with Crippen molar-refractivity contribution < 1.29 is 23.8 Å². The van der Waals surface area contributed by atoms with Crippen LogP contribution in [-0.4, -0.2) is 40.2 Å². The number of methoxy groups -OCH3 is 1. The van der Waals surface area contributed by atoms with E-state index in [2.05, 4.69) is 36.7 Å². The molecule has 182 valence electrons. The number of hydrogen-bond acceptors (Lipinski definition) is 8. The van der Waals surface area contributed by atoms with Crippen molar-refractivity contribution in [2.24, 2.45) is 0 Å². The monoisotopic (exact) mass is 485 g/mol.